The van der Waals surface area contributed by atoms with Gasteiger partial charge in [0, 0.05) is 17.7 Å². The number of aryl methyl sites for hydroxylation is 1. The molecule has 3 aromatic rings. The molecule has 0 aliphatic rings. The standard InChI is InChI=1S/C21H20N2O5/c1-14-6-4-5-7-18(14)21-22-19(28-23-21)13-27-20(24)9-8-15-10-16(25-2)12-17(11-15)26-3/h4-12H,13H2,1-3H3/b9-8+. The van der Waals surface area contributed by atoms with Crippen LogP contribution in [0, 0.1) is 6.92 Å². The van der Waals surface area contributed by atoms with Gasteiger partial charge in [0.1, 0.15) is 11.5 Å². The van der Waals surface area contributed by atoms with Crippen molar-refractivity contribution in [1.29, 1.82) is 0 Å². The van der Waals surface area contributed by atoms with Crippen molar-refractivity contribution in [2.45, 2.75) is 13.5 Å². The largest absolute Gasteiger partial charge is 0.497 e. The van der Waals surface area contributed by atoms with Crippen molar-refractivity contribution >= 4 is 12.0 Å². The molecule has 0 radical (unpaired) electrons. The van der Waals surface area contributed by atoms with E-state index in [0.717, 1.165) is 16.7 Å². The maximum Gasteiger partial charge on any atom is 0.331 e. The van der Waals surface area contributed by atoms with Gasteiger partial charge in [-0.25, -0.2) is 4.79 Å². The first-order valence-corrected chi connectivity index (χ1v) is 8.55. The molecule has 0 atom stereocenters. The van der Waals surface area contributed by atoms with Crippen molar-refractivity contribution in [3.05, 3.63) is 65.6 Å². The Kier molecular flexibility index (Phi) is 6.06. The minimum Gasteiger partial charge on any atom is -0.497 e. The average Bonchev–Trinajstić information content (AvgIpc) is 3.19. The summed E-state index contributed by atoms with van der Waals surface area (Å²) in [7, 11) is 3.12. The number of methoxy groups -OCH3 is 2. The molecular formula is C21H20N2O5. The second-order valence-corrected chi connectivity index (χ2v) is 5.91. The number of ether oxygens (including phenoxy) is 3. The van der Waals surface area contributed by atoms with Gasteiger partial charge in [0.2, 0.25) is 5.82 Å². The first-order valence-electron chi connectivity index (χ1n) is 8.55. The average molecular weight is 380 g/mol. The summed E-state index contributed by atoms with van der Waals surface area (Å²) in [5.74, 6) is 1.41. The third-order valence-electron chi connectivity index (χ3n) is 3.98. The van der Waals surface area contributed by atoms with E-state index >= 15 is 0 Å². The van der Waals surface area contributed by atoms with Gasteiger partial charge in [-0.05, 0) is 36.3 Å². The predicted molar refractivity (Wildman–Crippen MR) is 103 cm³/mol. The van der Waals surface area contributed by atoms with Crippen molar-refractivity contribution in [2.75, 3.05) is 14.2 Å². The molecule has 0 aliphatic heterocycles. The van der Waals surface area contributed by atoms with Crippen LogP contribution in [0.5, 0.6) is 11.5 Å². The van der Waals surface area contributed by atoms with E-state index in [0.29, 0.717) is 17.3 Å². The minimum absolute atomic E-state index is 0.108. The summed E-state index contributed by atoms with van der Waals surface area (Å²) in [5.41, 5.74) is 2.65. The molecule has 3 rings (SSSR count). The first kappa shape index (κ1) is 19.2. The number of benzene rings is 2. The molecule has 2 aromatic carbocycles. The molecule has 1 heterocycles. The Balaban J connectivity index is 1.61. The fraction of sp³-hybridized carbons (Fsp3) is 0.190. The zero-order chi connectivity index (χ0) is 19.9. The summed E-state index contributed by atoms with van der Waals surface area (Å²) in [6, 6.07) is 13.0. The maximum absolute atomic E-state index is 12.0. The highest BCUT2D eigenvalue weighted by atomic mass is 16.6. The molecule has 0 N–H and O–H groups in total. The van der Waals surface area contributed by atoms with Crippen molar-refractivity contribution < 1.29 is 23.5 Å². The number of aromatic nitrogens is 2. The van der Waals surface area contributed by atoms with Crippen molar-refractivity contribution in [3.63, 3.8) is 0 Å². The lowest BCUT2D eigenvalue weighted by atomic mass is 10.1. The van der Waals surface area contributed by atoms with Gasteiger partial charge in [0.25, 0.3) is 5.89 Å². The number of carbonyl (C=O) groups is 1. The number of nitrogens with zero attached hydrogens (tertiary/aromatic N) is 2. The van der Waals surface area contributed by atoms with E-state index in [1.807, 2.05) is 31.2 Å². The Morgan fingerprint density at radius 3 is 2.50 bits per heavy atom. The summed E-state index contributed by atoms with van der Waals surface area (Å²) < 4.78 is 20.7. The van der Waals surface area contributed by atoms with E-state index in [2.05, 4.69) is 10.1 Å². The van der Waals surface area contributed by atoms with Crippen molar-refractivity contribution in [1.82, 2.24) is 10.1 Å². The van der Waals surface area contributed by atoms with Crippen molar-refractivity contribution in [3.8, 4) is 22.9 Å². The van der Waals surface area contributed by atoms with Crippen LogP contribution >= 0.6 is 0 Å². The number of hydrogen-bond donors (Lipinski definition) is 0. The second kappa shape index (κ2) is 8.85. The smallest absolute Gasteiger partial charge is 0.331 e. The lowest BCUT2D eigenvalue weighted by Crippen LogP contribution is -2.01. The third kappa shape index (κ3) is 4.76. The third-order valence-corrected chi connectivity index (χ3v) is 3.98. The van der Waals surface area contributed by atoms with E-state index in [4.69, 9.17) is 18.7 Å². The highest BCUT2D eigenvalue weighted by Gasteiger charge is 2.11. The molecule has 0 unspecified atom stereocenters. The van der Waals surface area contributed by atoms with Crippen LogP contribution in [-0.4, -0.2) is 30.3 Å². The molecule has 28 heavy (non-hydrogen) atoms. The summed E-state index contributed by atoms with van der Waals surface area (Å²) in [6.45, 7) is 1.85. The highest BCUT2D eigenvalue weighted by Crippen LogP contribution is 2.23. The SMILES string of the molecule is COc1cc(/C=C/C(=O)OCc2nc(-c3ccccc3C)no2)cc(OC)c1. The summed E-state index contributed by atoms with van der Waals surface area (Å²) >= 11 is 0. The van der Waals surface area contributed by atoms with Gasteiger partial charge in [-0.1, -0.05) is 29.4 Å². The highest BCUT2D eigenvalue weighted by molar-refractivity contribution is 5.87. The molecule has 0 fully saturated rings. The molecule has 1 aromatic heterocycles. The van der Waals surface area contributed by atoms with Crippen LogP contribution in [0.15, 0.2) is 53.1 Å². The molecule has 0 spiro atoms. The molecule has 0 bridgehead atoms. The van der Waals surface area contributed by atoms with E-state index < -0.39 is 5.97 Å². The molecule has 144 valence electrons. The summed E-state index contributed by atoms with van der Waals surface area (Å²) in [6.07, 6.45) is 2.92. The van der Waals surface area contributed by atoms with Crippen LogP contribution in [0.4, 0.5) is 0 Å². The monoisotopic (exact) mass is 380 g/mol. The number of hydrogen-bond acceptors (Lipinski definition) is 7. The normalized spacial score (nSPS) is 10.8. The molecule has 7 nitrogen and oxygen atoms in total. The zero-order valence-electron chi connectivity index (χ0n) is 15.8. The number of esters is 1. The second-order valence-electron chi connectivity index (χ2n) is 5.91. The van der Waals surface area contributed by atoms with Gasteiger partial charge in [-0.2, -0.15) is 4.98 Å². The van der Waals surface area contributed by atoms with Crippen LogP contribution in [0.25, 0.3) is 17.5 Å². The maximum atomic E-state index is 12.0. The quantitative estimate of drug-likeness (QED) is 0.455. The van der Waals surface area contributed by atoms with E-state index in [9.17, 15) is 4.79 Å². The Morgan fingerprint density at radius 2 is 1.82 bits per heavy atom. The van der Waals surface area contributed by atoms with E-state index in [-0.39, 0.29) is 12.5 Å². The lowest BCUT2D eigenvalue weighted by Gasteiger charge is -2.05. The van der Waals surface area contributed by atoms with Gasteiger partial charge in [-0.15, -0.1) is 0 Å². The predicted octanol–water partition coefficient (Wildman–Crippen LogP) is 3.82. The number of carbonyl (C=O) groups excluding carboxylic acids is 1. The van der Waals surface area contributed by atoms with E-state index in [1.54, 1.807) is 38.5 Å². The molecule has 0 amide bonds. The van der Waals surface area contributed by atoms with Gasteiger partial charge in [0.05, 0.1) is 14.2 Å². The van der Waals surface area contributed by atoms with Crippen LogP contribution in [0.3, 0.4) is 0 Å². The zero-order valence-corrected chi connectivity index (χ0v) is 15.8. The Hall–Kier alpha value is -3.61. The van der Waals surface area contributed by atoms with Crippen LogP contribution in [0.1, 0.15) is 17.0 Å². The number of rotatable bonds is 7. The molecule has 7 heteroatoms. The van der Waals surface area contributed by atoms with Gasteiger partial charge < -0.3 is 18.7 Å². The first-order chi connectivity index (χ1) is 13.6. The van der Waals surface area contributed by atoms with E-state index in [1.165, 1.54) is 6.08 Å². The lowest BCUT2D eigenvalue weighted by molar-refractivity contribution is -0.139. The van der Waals surface area contributed by atoms with Gasteiger partial charge in [-0.3, -0.25) is 0 Å². The van der Waals surface area contributed by atoms with Crippen molar-refractivity contribution in [2.24, 2.45) is 0 Å². The van der Waals surface area contributed by atoms with Crippen LogP contribution in [0.2, 0.25) is 0 Å². The van der Waals surface area contributed by atoms with Gasteiger partial charge in [0.15, 0.2) is 6.61 Å². The molecular weight excluding hydrogens is 360 g/mol. The topological polar surface area (TPSA) is 83.7 Å². The summed E-state index contributed by atoms with van der Waals surface area (Å²) in [5, 5.41) is 3.93. The fourth-order valence-corrected chi connectivity index (χ4v) is 2.52. The Bertz CT molecular complexity index is 972. The van der Waals surface area contributed by atoms with Crippen LogP contribution < -0.4 is 9.47 Å². The van der Waals surface area contributed by atoms with Gasteiger partial charge >= 0.3 is 5.97 Å². The Labute approximate surface area is 162 Å². The minimum atomic E-state index is -0.530. The molecule has 0 saturated heterocycles. The van der Waals surface area contributed by atoms with Crippen LogP contribution in [-0.2, 0) is 16.1 Å². The Morgan fingerprint density at radius 1 is 1.11 bits per heavy atom. The summed E-state index contributed by atoms with van der Waals surface area (Å²) in [4.78, 5) is 16.2. The molecule has 0 aliphatic carbocycles. The fourth-order valence-electron chi connectivity index (χ4n) is 2.52. The molecule has 0 saturated carbocycles.